The van der Waals surface area contributed by atoms with Crippen LogP contribution in [0.2, 0.25) is 0 Å². The van der Waals surface area contributed by atoms with Crippen molar-refractivity contribution in [3.63, 3.8) is 0 Å². The third kappa shape index (κ3) is 9.31. The molecule has 3 heteroatoms. The molecule has 0 aromatic heterocycles. The molecular formula is C30H40O3. The van der Waals surface area contributed by atoms with Gasteiger partial charge in [0.2, 0.25) is 0 Å². The largest absolute Gasteiger partial charge is 0.393 e. The Labute approximate surface area is 200 Å². The van der Waals surface area contributed by atoms with Gasteiger partial charge in [0, 0.05) is 5.41 Å². The molecule has 1 saturated carbocycles. The third-order valence-electron chi connectivity index (χ3n) is 6.38. The summed E-state index contributed by atoms with van der Waals surface area (Å²) in [5.74, 6) is 0.0788. The Balaban J connectivity index is 2.66. The maximum Gasteiger partial charge on any atom is 0.162 e. The summed E-state index contributed by atoms with van der Waals surface area (Å²) in [7, 11) is 0. The molecule has 178 valence electrons. The van der Waals surface area contributed by atoms with E-state index >= 15 is 0 Å². The number of aldehydes is 1. The van der Waals surface area contributed by atoms with Gasteiger partial charge in [0.15, 0.2) is 5.78 Å². The molecule has 33 heavy (non-hydrogen) atoms. The fourth-order valence-electron chi connectivity index (χ4n) is 3.78. The summed E-state index contributed by atoms with van der Waals surface area (Å²) in [6.45, 7) is 13.9. The van der Waals surface area contributed by atoms with Crippen LogP contribution in [0.1, 0.15) is 61.3 Å². The molecule has 0 aromatic carbocycles. The zero-order chi connectivity index (χ0) is 25.1. The number of ketones is 1. The topological polar surface area (TPSA) is 54.4 Å². The maximum atomic E-state index is 12.8. The van der Waals surface area contributed by atoms with Crippen molar-refractivity contribution in [3.8, 4) is 0 Å². The lowest BCUT2D eigenvalue weighted by atomic mass is 9.66. The molecule has 0 saturated heterocycles. The molecule has 0 spiro atoms. The number of rotatable bonds is 10. The van der Waals surface area contributed by atoms with Gasteiger partial charge in [-0.05, 0) is 57.6 Å². The van der Waals surface area contributed by atoms with Crippen LogP contribution in [0, 0.1) is 10.8 Å². The minimum Gasteiger partial charge on any atom is -0.393 e. The van der Waals surface area contributed by atoms with Crippen molar-refractivity contribution < 1.29 is 14.7 Å². The van der Waals surface area contributed by atoms with E-state index in [1.807, 2.05) is 88.5 Å². The first kappa shape index (κ1) is 28.3. The summed E-state index contributed by atoms with van der Waals surface area (Å²) in [4.78, 5) is 23.4. The summed E-state index contributed by atoms with van der Waals surface area (Å²) in [5, 5.41) is 10.0. The zero-order valence-corrected chi connectivity index (χ0v) is 21.3. The van der Waals surface area contributed by atoms with E-state index in [9.17, 15) is 14.7 Å². The highest BCUT2D eigenvalue weighted by molar-refractivity contribution is 5.95. The molecule has 1 aliphatic carbocycles. The monoisotopic (exact) mass is 448 g/mol. The van der Waals surface area contributed by atoms with Gasteiger partial charge in [0.1, 0.15) is 6.29 Å². The average molecular weight is 449 g/mol. The number of hydrogen-bond donors (Lipinski definition) is 1. The fraction of sp³-hybridized carbons (Fsp3) is 0.400. The summed E-state index contributed by atoms with van der Waals surface area (Å²) in [6.07, 6.45) is 24.7. The Morgan fingerprint density at radius 3 is 1.61 bits per heavy atom. The molecule has 0 aromatic rings. The Morgan fingerprint density at radius 1 is 0.697 bits per heavy atom. The highest BCUT2D eigenvalue weighted by atomic mass is 16.3. The molecule has 0 bridgehead atoms. The number of aliphatic hydroxyl groups excluding tert-OH is 1. The van der Waals surface area contributed by atoms with Gasteiger partial charge in [-0.1, -0.05) is 104 Å². The molecule has 0 amide bonds. The van der Waals surface area contributed by atoms with E-state index in [0.717, 1.165) is 23.0 Å². The quantitative estimate of drug-likeness (QED) is 0.223. The molecule has 0 aliphatic heterocycles. The van der Waals surface area contributed by atoms with Gasteiger partial charge in [-0.2, -0.15) is 0 Å². The Hall–Kier alpha value is -2.78. The lowest BCUT2D eigenvalue weighted by Gasteiger charge is -2.35. The van der Waals surface area contributed by atoms with E-state index in [-0.39, 0.29) is 11.2 Å². The second kappa shape index (κ2) is 13.1. The number of carbonyl (C=O) groups excluding carboxylic acids is 2. The second-order valence-corrected chi connectivity index (χ2v) is 9.84. The van der Waals surface area contributed by atoms with E-state index < -0.39 is 11.5 Å². The van der Waals surface area contributed by atoms with Crippen LogP contribution in [0.3, 0.4) is 0 Å². The second-order valence-electron chi connectivity index (χ2n) is 9.84. The Kier molecular flexibility index (Phi) is 11.2. The minimum atomic E-state index is -0.529. The van der Waals surface area contributed by atoms with Crippen LogP contribution < -0.4 is 0 Å². The molecule has 3 nitrogen and oxygen atoms in total. The van der Waals surface area contributed by atoms with Crippen molar-refractivity contribution in [2.24, 2.45) is 10.8 Å². The zero-order valence-electron chi connectivity index (χ0n) is 21.3. The lowest BCUT2D eigenvalue weighted by Crippen LogP contribution is -2.36. The normalized spacial score (nSPS) is 25.3. The average Bonchev–Trinajstić information content (AvgIpc) is 2.96. The standard InChI is InChI=1S/C30H40O3/c1-23(12-8-9-13-24(2)15-11-17-26(4)22-31)14-10-16-25(3)18-19-28(33)30(7)21-27(32)20-29(30,5)6/h8-19,22,27,32H,20-21H2,1-7H3. The minimum absolute atomic E-state index is 0.0788. The maximum absolute atomic E-state index is 12.8. The molecule has 1 rings (SSSR count). The van der Waals surface area contributed by atoms with Crippen LogP contribution in [0.15, 0.2) is 95.2 Å². The smallest absolute Gasteiger partial charge is 0.162 e. The van der Waals surface area contributed by atoms with Gasteiger partial charge in [0.05, 0.1) is 6.10 Å². The molecule has 1 aliphatic rings. The van der Waals surface area contributed by atoms with E-state index in [1.165, 1.54) is 0 Å². The number of allylic oxidation sites excluding steroid dienone is 16. The first-order chi connectivity index (χ1) is 15.4. The summed E-state index contributed by atoms with van der Waals surface area (Å²) in [6, 6.07) is 0. The summed E-state index contributed by atoms with van der Waals surface area (Å²) in [5.41, 5.74) is 3.14. The van der Waals surface area contributed by atoms with E-state index in [0.29, 0.717) is 18.4 Å². The van der Waals surface area contributed by atoms with Crippen LogP contribution in [0.4, 0.5) is 0 Å². The van der Waals surface area contributed by atoms with Crippen molar-refractivity contribution in [2.75, 3.05) is 0 Å². The molecule has 1 fully saturated rings. The molecular weight excluding hydrogens is 408 g/mol. The first-order valence-corrected chi connectivity index (χ1v) is 11.5. The van der Waals surface area contributed by atoms with E-state index in [4.69, 9.17) is 0 Å². The Morgan fingerprint density at radius 2 is 1.15 bits per heavy atom. The summed E-state index contributed by atoms with van der Waals surface area (Å²) < 4.78 is 0. The SMILES string of the molecule is CC(C=O)=CC=CC(C)=CC=CC=C(C)C=CC=C(C)C=CC(=O)C1(C)CC(O)CC1(C)C. The molecule has 1 N–H and O–H groups in total. The van der Waals surface area contributed by atoms with Crippen molar-refractivity contribution in [3.05, 3.63) is 95.2 Å². The third-order valence-corrected chi connectivity index (χ3v) is 6.38. The van der Waals surface area contributed by atoms with Crippen molar-refractivity contribution in [2.45, 2.75) is 67.4 Å². The van der Waals surface area contributed by atoms with Gasteiger partial charge < -0.3 is 5.11 Å². The van der Waals surface area contributed by atoms with Crippen LogP contribution in [0.5, 0.6) is 0 Å². The summed E-state index contributed by atoms with van der Waals surface area (Å²) >= 11 is 0. The highest BCUT2D eigenvalue weighted by Crippen LogP contribution is 2.53. The van der Waals surface area contributed by atoms with Gasteiger partial charge in [-0.15, -0.1) is 0 Å². The number of aliphatic hydroxyl groups is 1. The molecule has 2 unspecified atom stereocenters. The van der Waals surface area contributed by atoms with Crippen molar-refractivity contribution in [1.29, 1.82) is 0 Å². The first-order valence-electron chi connectivity index (χ1n) is 11.5. The molecule has 0 heterocycles. The molecule has 2 atom stereocenters. The van der Waals surface area contributed by atoms with Gasteiger partial charge >= 0.3 is 0 Å². The predicted molar refractivity (Wildman–Crippen MR) is 140 cm³/mol. The predicted octanol–water partition coefficient (Wildman–Crippen LogP) is 6.95. The Bertz CT molecular complexity index is 945. The van der Waals surface area contributed by atoms with Crippen LogP contribution in [-0.2, 0) is 9.59 Å². The number of hydrogen-bond acceptors (Lipinski definition) is 3. The van der Waals surface area contributed by atoms with Gasteiger partial charge in [-0.25, -0.2) is 0 Å². The van der Waals surface area contributed by atoms with Crippen LogP contribution in [-0.4, -0.2) is 23.3 Å². The van der Waals surface area contributed by atoms with E-state index in [1.54, 1.807) is 19.1 Å². The van der Waals surface area contributed by atoms with Crippen molar-refractivity contribution in [1.82, 2.24) is 0 Å². The van der Waals surface area contributed by atoms with Gasteiger partial charge in [-0.3, -0.25) is 9.59 Å². The van der Waals surface area contributed by atoms with Crippen LogP contribution in [0.25, 0.3) is 0 Å². The number of carbonyl (C=O) groups is 2. The van der Waals surface area contributed by atoms with E-state index in [2.05, 4.69) is 13.8 Å². The fourth-order valence-corrected chi connectivity index (χ4v) is 3.78. The molecule has 0 radical (unpaired) electrons. The van der Waals surface area contributed by atoms with Crippen LogP contribution >= 0.6 is 0 Å². The van der Waals surface area contributed by atoms with Crippen molar-refractivity contribution >= 4 is 12.1 Å². The van der Waals surface area contributed by atoms with Gasteiger partial charge in [0.25, 0.3) is 0 Å². The lowest BCUT2D eigenvalue weighted by molar-refractivity contribution is -0.127. The highest BCUT2D eigenvalue weighted by Gasteiger charge is 2.52.